The highest BCUT2D eigenvalue weighted by atomic mass is 16.3. The maximum Gasteiger partial charge on any atom is 0.164 e. The molecule has 1 aliphatic rings. The van der Waals surface area contributed by atoms with Crippen LogP contribution in [-0.4, -0.2) is 19.5 Å². The van der Waals surface area contributed by atoms with E-state index in [-0.39, 0.29) is 0 Å². The summed E-state index contributed by atoms with van der Waals surface area (Å²) in [5, 5.41) is 4.32. The van der Waals surface area contributed by atoms with Gasteiger partial charge in [0.15, 0.2) is 23.1 Å². The van der Waals surface area contributed by atoms with Gasteiger partial charge < -0.3 is 8.98 Å². The molecule has 0 spiro atoms. The Morgan fingerprint density at radius 3 is 1.58 bits per heavy atom. The van der Waals surface area contributed by atoms with Gasteiger partial charge in [0.25, 0.3) is 0 Å². The minimum atomic E-state index is -0.585. The molecule has 0 amide bonds. The lowest BCUT2D eigenvalue weighted by Crippen LogP contribution is -2.28. The molecule has 1 aliphatic carbocycles. The number of aromatic nitrogens is 4. The highest BCUT2D eigenvalue weighted by Gasteiger charge is 2.47. The lowest BCUT2D eigenvalue weighted by Gasteiger charge is -2.34. The third-order valence-electron chi connectivity index (χ3n) is 14.1. The maximum absolute atomic E-state index is 7.29. The Kier molecular flexibility index (Phi) is 8.73. The van der Waals surface area contributed by atoms with Crippen molar-refractivity contribution in [2.45, 2.75) is 5.41 Å². The second kappa shape index (κ2) is 15.4. The van der Waals surface area contributed by atoms with Crippen LogP contribution in [0.4, 0.5) is 0 Å². The summed E-state index contributed by atoms with van der Waals surface area (Å²) in [5.41, 5.74) is 16.4. The van der Waals surface area contributed by atoms with E-state index in [2.05, 4.69) is 180 Å². The molecule has 322 valence electrons. The first kappa shape index (κ1) is 39.0. The number of hydrogen-bond donors (Lipinski definition) is 0. The van der Waals surface area contributed by atoms with Crippen LogP contribution in [0.3, 0.4) is 0 Å². The molecule has 0 radical (unpaired) electrons. The molecule has 0 bridgehead atoms. The van der Waals surface area contributed by atoms with E-state index in [1.54, 1.807) is 0 Å². The molecule has 0 atom stereocenters. The molecule has 0 saturated heterocycles. The predicted molar refractivity (Wildman–Crippen MR) is 280 cm³/mol. The highest BCUT2D eigenvalue weighted by molar-refractivity contribution is 6.18. The maximum atomic E-state index is 7.29. The van der Waals surface area contributed by atoms with E-state index in [0.29, 0.717) is 17.5 Å². The summed E-state index contributed by atoms with van der Waals surface area (Å²) in [5.74, 6) is 1.78. The molecule has 10 aromatic carbocycles. The highest BCUT2D eigenvalue weighted by Crippen LogP contribution is 2.59. The van der Waals surface area contributed by atoms with E-state index in [0.717, 1.165) is 66.5 Å². The van der Waals surface area contributed by atoms with E-state index < -0.39 is 5.41 Å². The molecule has 0 N–H and O–H groups in total. The Morgan fingerprint density at radius 2 is 0.913 bits per heavy atom. The Bertz CT molecular complexity index is 4010. The number of nitrogens with zero attached hydrogens (tertiary/aromatic N) is 4. The van der Waals surface area contributed by atoms with Gasteiger partial charge in [0.05, 0.1) is 22.1 Å². The normalized spacial score (nSPS) is 12.8. The van der Waals surface area contributed by atoms with Crippen molar-refractivity contribution in [3.05, 3.63) is 265 Å². The lowest BCUT2D eigenvalue weighted by atomic mass is 9.67. The number of para-hydroxylation sites is 2. The van der Waals surface area contributed by atoms with E-state index >= 15 is 0 Å². The quantitative estimate of drug-likeness (QED) is 0.160. The summed E-state index contributed by atoms with van der Waals surface area (Å²) < 4.78 is 9.71. The van der Waals surface area contributed by atoms with E-state index in [1.807, 2.05) is 66.7 Å². The molecule has 0 saturated carbocycles. The molecule has 0 unspecified atom stereocenters. The zero-order valence-electron chi connectivity index (χ0n) is 37.3. The summed E-state index contributed by atoms with van der Waals surface area (Å²) in [6, 6.07) is 86.3. The van der Waals surface area contributed by atoms with Crippen LogP contribution in [0.15, 0.2) is 247 Å². The first-order valence-corrected chi connectivity index (χ1v) is 23.4. The van der Waals surface area contributed by atoms with Gasteiger partial charge in [-0.25, -0.2) is 15.0 Å². The molecule has 3 aromatic heterocycles. The fourth-order valence-electron chi connectivity index (χ4n) is 11.2. The minimum Gasteiger partial charge on any atom is -0.454 e. The standard InChI is InChI=1S/C64H40N4O/c1-6-21-41(22-7-1)44-39-51(63-66-61(42-23-8-2-9-24-42)65-62(67-63)43-25-10-3-11-26-43)57-50-33-20-36-55(60(50)69-56(57)40-44)68-53-35-19-17-32-49(53)58-54(68)38-37-48-47-31-16-18-34-52(47)64(59(48)58,45-27-12-4-13-28-45)46-29-14-5-15-30-46/h1-40H. The van der Waals surface area contributed by atoms with Gasteiger partial charge in [-0.1, -0.05) is 212 Å². The van der Waals surface area contributed by atoms with Crippen molar-refractivity contribution < 1.29 is 4.42 Å². The zero-order valence-corrected chi connectivity index (χ0v) is 37.3. The van der Waals surface area contributed by atoms with Crippen molar-refractivity contribution in [2.75, 3.05) is 0 Å². The molecule has 5 heteroatoms. The molecular formula is C64H40N4O. The molecule has 13 aromatic rings. The summed E-state index contributed by atoms with van der Waals surface area (Å²) in [7, 11) is 0. The minimum absolute atomic E-state index is 0.573. The van der Waals surface area contributed by atoms with Gasteiger partial charge in [0.1, 0.15) is 5.58 Å². The van der Waals surface area contributed by atoms with Crippen LogP contribution >= 0.6 is 0 Å². The first-order chi connectivity index (χ1) is 34.2. The summed E-state index contributed by atoms with van der Waals surface area (Å²) in [4.78, 5) is 15.6. The molecular weight excluding hydrogens is 841 g/mol. The fraction of sp³-hybridized carbons (Fsp3) is 0.0156. The van der Waals surface area contributed by atoms with Crippen molar-refractivity contribution in [1.82, 2.24) is 19.5 Å². The van der Waals surface area contributed by atoms with Crippen LogP contribution in [0.25, 0.3) is 106 Å². The summed E-state index contributed by atoms with van der Waals surface area (Å²) in [6.07, 6.45) is 0. The smallest absolute Gasteiger partial charge is 0.164 e. The monoisotopic (exact) mass is 880 g/mol. The predicted octanol–water partition coefficient (Wildman–Crippen LogP) is 15.9. The lowest BCUT2D eigenvalue weighted by molar-refractivity contribution is 0.666. The largest absolute Gasteiger partial charge is 0.454 e. The fourth-order valence-corrected chi connectivity index (χ4v) is 11.2. The average Bonchev–Trinajstić information content (AvgIpc) is 4.08. The SMILES string of the molecule is c1ccc(-c2cc(-c3nc(-c4ccccc4)nc(-c4ccccc4)n3)c3c(c2)oc2c(-n4c5ccccc5c5c6c(ccc54)-c4ccccc4C6(c4ccccc4)c4ccccc4)cccc23)cc1. The van der Waals surface area contributed by atoms with Crippen LogP contribution in [0.5, 0.6) is 0 Å². The van der Waals surface area contributed by atoms with Gasteiger partial charge in [-0.15, -0.1) is 0 Å². The molecule has 0 aliphatic heterocycles. The second-order valence-electron chi connectivity index (χ2n) is 17.8. The van der Waals surface area contributed by atoms with Crippen LogP contribution in [0.2, 0.25) is 0 Å². The second-order valence-corrected chi connectivity index (χ2v) is 17.8. The van der Waals surface area contributed by atoms with Crippen molar-refractivity contribution in [3.8, 4) is 62.1 Å². The third-order valence-corrected chi connectivity index (χ3v) is 14.1. The molecule has 69 heavy (non-hydrogen) atoms. The molecule has 5 nitrogen and oxygen atoms in total. The van der Waals surface area contributed by atoms with Gasteiger partial charge >= 0.3 is 0 Å². The Hall–Kier alpha value is -9.19. The Labute approximate surface area is 398 Å². The first-order valence-electron chi connectivity index (χ1n) is 23.4. The van der Waals surface area contributed by atoms with Crippen LogP contribution in [0, 0.1) is 0 Å². The number of furan rings is 1. The van der Waals surface area contributed by atoms with Gasteiger partial charge in [-0.3, -0.25) is 0 Å². The van der Waals surface area contributed by atoms with Crippen LogP contribution in [-0.2, 0) is 5.41 Å². The van der Waals surface area contributed by atoms with Crippen molar-refractivity contribution in [3.63, 3.8) is 0 Å². The van der Waals surface area contributed by atoms with Gasteiger partial charge in [0, 0.05) is 38.2 Å². The number of rotatable bonds is 7. The third kappa shape index (κ3) is 5.87. The zero-order chi connectivity index (χ0) is 45.5. The van der Waals surface area contributed by atoms with Crippen LogP contribution < -0.4 is 0 Å². The van der Waals surface area contributed by atoms with Crippen molar-refractivity contribution in [1.29, 1.82) is 0 Å². The van der Waals surface area contributed by atoms with E-state index in [4.69, 9.17) is 19.4 Å². The number of fused-ring (bicyclic) bond motifs is 10. The Balaban J connectivity index is 1.08. The number of benzene rings is 10. The van der Waals surface area contributed by atoms with Crippen LogP contribution in [0.1, 0.15) is 22.3 Å². The van der Waals surface area contributed by atoms with E-state index in [9.17, 15) is 0 Å². The molecule has 14 rings (SSSR count). The number of hydrogen-bond acceptors (Lipinski definition) is 4. The Morgan fingerprint density at radius 1 is 0.362 bits per heavy atom. The van der Waals surface area contributed by atoms with Crippen molar-refractivity contribution >= 4 is 43.7 Å². The van der Waals surface area contributed by atoms with Gasteiger partial charge in [-0.2, -0.15) is 0 Å². The summed E-state index contributed by atoms with van der Waals surface area (Å²) in [6.45, 7) is 0. The van der Waals surface area contributed by atoms with Gasteiger partial charge in [-0.05, 0) is 74.8 Å². The van der Waals surface area contributed by atoms with Gasteiger partial charge in [0.2, 0.25) is 0 Å². The van der Waals surface area contributed by atoms with E-state index in [1.165, 1.54) is 44.2 Å². The summed E-state index contributed by atoms with van der Waals surface area (Å²) >= 11 is 0. The van der Waals surface area contributed by atoms with Crippen molar-refractivity contribution in [2.24, 2.45) is 0 Å². The average molecular weight is 881 g/mol. The molecule has 3 heterocycles. The molecule has 0 fully saturated rings. The topological polar surface area (TPSA) is 56.7 Å².